The Morgan fingerprint density at radius 3 is 2.19 bits per heavy atom. The standard InChI is InChI=1S/C19H22F3N2O3/c1-13(14-6-5-7-15(12-14)19(20,21)22)16(25)23-8-10-24(11-9-23)17(26)27-18(2,3)4/h5-6,12H,1,8-11H2,2-4H3. The number of hydrogen-bond acceptors (Lipinski definition) is 3. The third-order valence-electron chi connectivity index (χ3n) is 3.93. The molecule has 1 aromatic rings. The summed E-state index contributed by atoms with van der Waals surface area (Å²) in [5.41, 5.74) is -1.50. The Bertz CT molecular complexity index is 730. The van der Waals surface area contributed by atoms with Crippen molar-refractivity contribution in [2.24, 2.45) is 0 Å². The summed E-state index contributed by atoms with van der Waals surface area (Å²) < 4.78 is 43.7. The molecular weight excluding hydrogens is 361 g/mol. The average Bonchev–Trinajstić information content (AvgIpc) is 2.58. The van der Waals surface area contributed by atoms with Crippen LogP contribution in [0.1, 0.15) is 31.9 Å². The van der Waals surface area contributed by atoms with Crippen LogP contribution < -0.4 is 0 Å². The van der Waals surface area contributed by atoms with Crippen molar-refractivity contribution in [1.29, 1.82) is 0 Å². The Morgan fingerprint density at radius 1 is 1.11 bits per heavy atom. The lowest BCUT2D eigenvalue weighted by molar-refractivity contribution is -0.138. The predicted octanol–water partition coefficient (Wildman–Crippen LogP) is 3.60. The van der Waals surface area contributed by atoms with Gasteiger partial charge >= 0.3 is 12.3 Å². The molecule has 0 unspecified atom stereocenters. The van der Waals surface area contributed by atoms with Gasteiger partial charge in [0.05, 0.1) is 5.56 Å². The van der Waals surface area contributed by atoms with Gasteiger partial charge < -0.3 is 14.5 Å². The Hall–Kier alpha value is -2.51. The number of alkyl halides is 3. The highest BCUT2D eigenvalue weighted by molar-refractivity contribution is 6.18. The second-order valence-corrected chi connectivity index (χ2v) is 7.23. The van der Waals surface area contributed by atoms with E-state index < -0.39 is 29.3 Å². The van der Waals surface area contributed by atoms with Crippen molar-refractivity contribution in [2.45, 2.75) is 32.5 Å². The minimum absolute atomic E-state index is 0.0276. The van der Waals surface area contributed by atoms with Crippen molar-refractivity contribution < 1.29 is 27.5 Å². The van der Waals surface area contributed by atoms with E-state index in [1.165, 1.54) is 15.9 Å². The Balaban J connectivity index is 2.00. The smallest absolute Gasteiger partial charge is 0.417 e. The highest BCUT2D eigenvalue weighted by Crippen LogP contribution is 2.30. The van der Waals surface area contributed by atoms with Gasteiger partial charge in [0, 0.05) is 31.8 Å². The molecule has 0 aromatic heterocycles. The van der Waals surface area contributed by atoms with Gasteiger partial charge in [0.1, 0.15) is 5.60 Å². The molecule has 0 bridgehead atoms. The van der Waals surface area contributed by atoms with Gasteiger partial charge in [-0.05, 0) is 38.5 Å². The van der Waals surface area contributed by atoms with Crippen LogP contribution in [0.5, 0.6) is 0 Å². The summed E-state index contributed by atoms with van der Waals surface area (Å²) in [4.78, 5) is 27.6. The number of nitrogens with zero attached hydrogens (tertiary/aromatic N) is 2. The molecule has 147 valence electrons. The molecule has 1 aromatic carbocycles. The molecule has 0 saturated carbocycles. The molecule has 0 atom stereocenters. The minimum Gasteiger partial charge on any atom is -0.444 e. The van der Waals surface area contributed by atoms with Crippen LogP contribution in [0.3, 0.4) is 0 Å². The number of ether oxygens (including phenoxy) is 1. The highest BCUT2D eigenvalue weighted by atomic mass is 19.4. The summed E-state index contributed by atoms with van der Waals surface area (Å²) in [6.07, 6.45) is -5.00. The molecule has 1 aliphatic heterocycles. The normalized spacial score (nSPS) is 15.5. The summed E-state index contributed by atoms with van der Waals surface area (Å²) in [6.45, 7) is 10.0. The molecule has 1 heterocycles. The van der Waals surface area contributed by atoms with Crippen LogP contribution in [0.25, 0.3) is 5.57 Å². The van der Waals surface area contributed by atoms with Crippen LogP contribution in [0, 0.1) is 6.07 Å². The molecule has 1 fully saturated rings. The Labute approximate surface area is 156 Å². The topological polar surface area (TPSA) is 49.9 Å². The SMILES string of the molecule is C=C(C(=O)N1CCN(C(=O)OC(C)(C)C)CC1)c1cc[c]c(C(F)(F)F)c1. The number of carbonyl (C=O) groups excluding carboxylic acids is 2. The lowest BCUT2D eigenvalue weighted by atomic mass is 10.0. The number of piperazine rings is 1. The molecule has 1 radical (unpaired) electrons. The molecule has 2 rings (SSSR count). The monoisotopic (exact) mass is 383 g/mol. The molecule has 0 aliphatic carbocycles. The molecule has 5 nitrogen and oxygen atoms in total. The van der Waals surface area contributed by atoms with Crippen molar-refractivity contribution >= 4 is 17.6 Å². The molecule has 0 spiro atoms. The van der Waals surface area contributed by atoms with Crippen LogP contribution in [0.15, 0.2) is 24.8 Å². The van der Waals surface area contributed by atoms with Gasteiger partial charge in [-0.25, -0.2) is 4.79 Å². The maximum Gasteiger partial charge on any atom is 0.417 e. The summed E-state index contributed by atoms with van der Waals surface area (Å²) in [6, 6.07) is 5.46. The molecule has 8 heteroatoms. The fraction of sp³-hybridized carbons (Fsp3) is 0.474. The molecule has 1 saturated heterocycles. The zero-order valence-electron chi connectivity index (χ0n) is 15.5. The molecule has 27 heavy (non-hydrogen) atoms. The van der Waals surface area contributed by atoms with Crippen LogP contribution in [0.2, 0.25) is 0 Å². The van der Waals surface area contributed by atoms with E-state index in [0.29, 0.717) is 0 Å². The third kappa shape index (κ3) is 5.48. The van der Waals surface area contributed by atoms with E-state index in [2.05, 4.69) is 12.6 Å². The van der Waals surface area contributed by atoms with Crippen molar-refractivity contribution in [3.8, 4) is 0 Å². The second kappa shape index (κ2) is 7.62. The van der Waals surface area contributed by atoms with E-state index in [1.54, 1.807) is 20.8 Å². The van der Waals surface area contributed by atoms with E-state index in [-0.39, 0.29) is 37.3 Å². The van der Waals surface area contributed by atoms with Crippen molar-refractivity contribution in [2.75, 3.05) is 26.2 Å². The van der Waals surface area contributed by atoms with Gasteiger partial charge in [0.2, 0.25) is 0 Å². The average molecular weight is 383 g/mol. The molecule has 1 aliphatic rings. The highest BCUT2D eigenvalue weighted by Gasteiger charge is 2.32. The van der Waals surface area contributed by atoms with Crippen molar-refractivity contribution in [3.05, 3.63) is 42.0 Å². The number of rotatable bonds is 2. The van der Waals surface area contributed by atoms with Gasteiger partial charge in [-0.15, -0.1) is 0 Å². The van der Waals surface area contributed by atoms with Gasteiger partial charge in [0.25, 0.3) is 5.91 Å². The fourth-order valence-corrected chi connectivity index (χ4v) is 2.55. The largest absolute Gasteiger partial charge is 0.444 e. The second-order valence-electron chi connectivity index (χ2n) is 7.23. The maximum atomic E-state index is 12.8. The first-order chi connectivity index (χ1) is 12.4. The predicted molar refractivity (Wildman–Crippen MR) is 93.7 cm³/mol. The Kier molecular flexibility index (Phi) is 5.87. The van der Waals surface area contributed by atoms with Gasteiger partial charge in [-0.1, -0.05) is 18.7 Å². The van der Waals surface area contributed by atoms with Crippen LogP contribution in [-0.4, -0.2) is 53.6 Å². The van der Waals surface area contributed by atoms with Gasteiger partial charge in [-0.2, -0.15) is 13.2 Å². The summed E-state index contributed by atoms with van der Waals surface area (Å²) in [5, 5.41) is 0. The maximum absolute atomic E-state index is 12.8. The first-order valence-corrected chi connectivity index (χ1v) is 8.44. The number of hydrogen-bond donors (Lipinski definition) is 0. The number of carbonyl (C=O) groups is 2. The zero-order valence-corrected chi connectivity index (χ0v) is 15.5. The number of benzene rings is 1. The summed E-state index contributed by atoms with van der Waals surface area (Å²) in [5.74, 6) is -0.460. The number of halogens is 3. The summed E-state index contributed by atoms with van der Waals surface area (Å²) in [7, 11) is 0. The first kappa shape index (κ1) is 20.8. The quantitative estimate of drug-likeness (QED) is 0.734. The van der Waals surface area contributed by atoms with Crippen LogP contribution >= 0.6 is 0 Å². The lowest BCUT2D eigenvalue weighted by Gasteiger charge is -2.35. The third-order valence-corrected chi connectivity index (χ3v) is 3.93. The molecule has 2 amide bonds. The van der Waals surface area contributed by atoms with Crippen LogP contribution in [-0.2, 0) is 15.7 Å². The summed E-state index contributed by atoms with van der Waals surface area (Å²) >= 11 is 0. The van der Waals surface area contributed by atoms with E-state index >= 15 is 0 Å². The van der Waals surface area contributed by atoms with E-state index in [4.69, 9.17) is 4.74 Å². The minimum atomic E-state index is -4.54. The van der Waals surface area contributed by atoms with Crippen LogP contribution in [0.4, 0.5) is 18.0 Å². The van der Waals surface area contributed by atoms with E-state index in [0.717, 1.165) is 12.1 Å². The molecule has 0 N–H and O–H groups in total. The van der Waals surface area contributed by atoms with Gasteiger partial charge in [-0.3, -0.25) is 4.79 Å². The Morgan fingerprint density at radius 2 is 1.67 bits per heavy atom. The van der Waals surface area contributed by atoms with Crippen molar-refractivity contribution in [1.82, 2.24) is 9.80 Å². The van der Waals surface area contributed by atoms with E-state index in [9.17, 15) is 22.8 Å². The van der Waals surface area contributed by atoms with Crippen molar-refractivity contribution in [3.63, 3.8) is 0 Å². The van der Waals surface area contributed by atoms with E-state index in [1.807, 2.05) is 0 Å². The zero-order chi connectivity index (χ0) is 20.4. The lowest BCUT2D eigenvalue weighted by Crippen LogP contribution is -2.51. The first-order valence-electron chi connectivity index (χ1n) is 8.44. The van der Waals surface area contributed by atoms with Gasteiger partial charge in [0.15, 0.2) is 0 Å². The fourth-order valence-electron chi connectivity index (χ4n) is 2.55. The molecular formula is C19H22F3N2O3. The number of amides is 2.